The van der Waals surface area contributed by atoms with Gasteiger partial charge in [0.2, 0.25) is 0 Å². The third-order valence-corrected chi connectivity index (χ3v) is 5.45. The van der Waals surface area contributed by atoms with E-state index >= 15 is 0 Å². The highest BCUT2D eigenvalue weighted by Gasteiger charge is 2.18. The van der Waals surface area contributed by atoms with E-state index in [1.54, 1.807) is 0 Å². The average molecular weight is 421 g/mol. The second kappa shape index (κ2) is 8.95. The van der Waals surface area contributed by atoms with E-state index in [0.29, 0.717) is 5.92 Å². The van der Waals surface area contributed by atoms with Crippen molar-refractivity contribution in [1.29, 1.82) is 0 Å². The Morgan fingerprint density at radius 2 is 2.43 bits per heavy atom. The molecule has 1 aromatic heterocycles. The molecule has 0 saturated carbocycles. The average Bonchev–Trinajstić information content (AvgIpc) is 3.09. The maximum atomic E-state index is 5.45. The van der Waals surface area contributed by atoms with Crippen LogP contribution in [-0.2, 0) is 11.2 Å². The lowest BCUT2D eigenvalue weighted by Gasteiger charge is -2.24. The molecule has 118 valence electrons. The summed E-state index contributed by atoms with van der Waals surface area (Å²) in [6.45, 7) is 6.67. The zero-order chi connectivity index (χ0) is 15.1. The van der Waals surface area contributed by atoms with Crippen molar-refractivity contribution in [3.05, 3.63) is 19.9 Å². The van der Waals surface area contributed by atoms with Crippen molar-refractivity contribution in [1.82, 2.24) is 10.2 Å². The highest BCUT2D eigenvalue weighted by molar-refractivity contribution is 14.1. The summed E-state index contributed by atoms with van der Waals surface area (Å²) in [5.41, 5.74) is 0. The van der Waals surface area contributed by atoms with Gasteiger partial charge in [0, 0.05) is 50.5 Å². The van der Waals surface area contributed by atoms with Gasteiger partial charge in [-0.1, -0.05) is 0 Å². The first-order valence-corrected chi connectivity index (χ1v) is 9.40. The molecule has 0 radical (unpaired) electrons. The van der Waals surface area contributed by atoms with E-state index in [1.807, 2.05) is 11.3 Å². The maximum Gasteiger partial charge on any atom is 0.193 e. The smallest absolute Gasteiger partial charge is 0.193 e. The molecule has 1 atom stereocenters. The highest BCUT2D eigenvalue weighted by atomic mass is 127. The van der Waals surface area contributed by atoms with Gasteiger partial charge in [0.05, 0.1) is 9.49 Å². The predicted molar refractivity (Wildman–Crippen MR) is 98.3 cm³/mol. The van der Waals surface area contributed by atoms with E-state index in [9.17, 15) is 0 Å². The third kappa shape index (κ3) is 5.75. The number of hydrogen-bond donors (Lipinski definition) is 1. The van der Waals surface area contributed by atoms with Gasteiger partial charge in [-0.3, -0.25) is 4.99 Å². The van der Waals surface area contributed by atoms with E-state index in [4.69, 9.17) is 9.73 Å². The summed E-state index contributed by atoms with van der Waals surface area (Å²) >= 11 is 4.22. The van der Waals surface area contributed by atoms with E-state index in [1.165, 1.54) is 7.76 Å². The van der Waals surface area contributed by atoms with Gasteiger partial charge in [-0.2, -0.15) is 0 Å². The van der Waals surface area contributed by atoms with Gasteiger partial charge in [0.1, 0.15) is 0 Å². The summed E-state index contributed by atoms with van der Waals surface area (Å²) in [6, 6.07) is 4.37. The van der Waals surface area contributed by atoms with E-state index < -0.39 is 0 Å². The molecule has 1 aliphatic heterocycles. The Morgan fingerprint density at radius 3 is 3.05 bits per heavy atom. The number of hydrogen-bond acceptors (Lipinski definition) is 3. The molecule has 1 N–H and O–H groups in total. The first-order chi connectivity index (χ1) is 10.2. The van der Waals surface area contributed by atoms with Gasteiger partial charge in [-0.25, -0.2) is 0 Å². The molecular formula is C15H24IN3OS. The Labute approximate surface area is 145 Å². The molecule has 1 unspecified atom stereocenters. The molecule has 0 amide bonds. The van der Waals surface area contributed by atoms with Gasteiger partial charge < -0.3 is 15.0 Å². The Balaban J connectivity index is 1.85. The van der Waals surface area contributed by atoms with Crippen LogP contribution >= 0.6 is 33.9 Å². The van der Waals surface area contributed by atoms with Crippen LogP contribution in [0.25, 0.3) is 0 Å². The second-order valence-electron chi connectivity index (χ2n) is 5.30. The Hall–Kier alpha value is -0.340. The van der Waals surface area contributed by atoms with E-state index in [2.05, 4.69) is 58.9 Å². The number of nitrogens with one attached hydrogen (secondary N) is 1. The monoisotopic (exact) mass is 421 g/mol. The van der Waals surface area contributed by atoms with Crippen LogP contribution in [0.4, 0.5) is 0 Å². The molecule has 1 aromatic rings. The number of halogens is 1. The van der Waals surface area contributed by atoms with Gasteiger partial charge in [0.15, 0.2) is 5.96 Å². The van der Waals surface area contributed by atoms with Crippen molar-refractivity contribution in [3.8, 4) is 0 Å². The summed E-state index contributed by atoms with van der Waals surface area (Å²) in [7, 11) is 2.12. The lowest BCUT2D eigenvalue weighted by atomic mass is 10.1. The number of guanidine groups is 1. The molecule has 1 saturated heterocycles. The van der Waals surface area contributed by atoms with Crippen molar-refractivity contribution < 1.29 is 4.74 Å². The van der Waals surface area contributed by atoms with Crippen LogP contribution in [-0.4, -0.2) is 50.8 Å². The van der Waals surface area contributed by atoms with Crippen LogP contribution in [0.1, 0.15) is 18.2 Å². The summed E-state index contributed by atoms with van der Waals surface area (Å²) in [5, 5.41) is 3.38. The molecule has 1 fully saturated rings. The quantitative estimate of drug-likeness (QED) is 0.436. The van der Waals surface area contributed by atoms with Crippen molar-refractivity contribution >= 4 is 39.9 Å². The number of rotatable bonds is 6. The topological polar surface area (TPSA) is 36.9 Å². The maximum absolute atomic E-state index is 5.45. The molecule has 6 heteroatoms. The Kier molecular flexibility index (Phi) is 7.25. The zero-order valence-corrected chi connectivity index (χ0v) is 15.7. The highest BCUT2D eigenvalue weighted by Crippen LogP contribution is 2.18. The standard InChI is InChI=1S/C15H24IN3OS/c1-3-17-15(19(2)10-12-7-9-20-11-12)18-8-6-13-4-5-14(16)21-13/h4-5,12H,3,6-11H2,1-2H3,(H,17,18). The third-order valence-electron chi connectivity index (χ3n) is 3.50. The normalized spacial score (nSPS) is 19.0. The lowest BCUT2D eigenvalue weighted by Crippen LogP contribution is -2.41. The first kappa shape index (κ1) is 17.0. The fourth-order valence-electron chi connectivity index (χ4n) is 2.43. The molecule has 21 heavy (non-hydrogen) atoms. The molecule has 2 rings (SSSR count). The van der Waals surface area contributed by atoms with E-state index in [0.717, 1.165) is 51.6 Å². The van der Waals surface area contributed by atoms with Crippen molar-refractivity contribution in [3.63, 3.8) is 0 Å². The summed E-state index contributed by atoms with van der Waals surface area (Å²) in [6.07, 6.45) is 2.18. The minimum atomic E-state index is 0.637. The molecular weight excluding hydrogens is 397 g/mol. The van der Waals surface area contributed by atoms with Crippen LogP contribution in [0, 0.1) is 8.80 Å². The van der Waals surface area contributed by atoms with Crippen LogP contribution in [0.2, 0.25) is 0 Å². The number of nitrogens with zero attached hydrogens (tertiary/aromatic N) is 2. The Morgan fingerprint density at radius 1 is 1.57 bits per heavy atom. The molecule has 1 aliphatic rings. The summed E-state index contributed by atoms with van der Waals surface area (Å²) in [4.78, 5) is 8.40. The molecule has 0 aromatic carbocycles. The van der Waals surface area contributed by atoms with Crippen molar-refractivity contribution in [2.24, 2.45) is 10.9 Å². The molecule has 0 aliphatic carbocycles. The minimum absolute atomic E-state index is 0.637. The largest absolute Gasteiger partial charge is 0.381 e. The summed E-state index contributed by atoms with van der Waals surface area (Å²) in [5.74, 6) is 1.65. The zero-order valence-electron chi connectivity index (χ0n) is 12.8. The second-order valence-corrected chi connectivity index (χ2v) is 8.36. The van der Waals surface area contributed by atoms with Gasteiger partial charge in [-0.15, -0.1) is 11.3 Å². The van der Waals surface area contributed by atoms with E-state index in [-0.39, 0.29) is 0 Å². The van der Waals surface area contributed by atoms with Gasteiger partial charge in [-0.05, 0) is 48.1 Å². The van der Waals surface area contributed by atoms with Crippen LogP contribution < -0.4 is 5.32 Å². The lowest BCUT2D eigenvalue weighted by molar-refractivity contribution is 0.181. The van der Waals surface area contributed by atoms with Gasteiger partial charge >= 0.3 is 0 Å². The fourth-order valence-corrected chi connectivity index (χ4v) is 4.17. The van der Waals surface area contributed by atoms with Crippen LogP contribution in [0.3, 0.4) is 0 Å². The minimum Gasteiger partial charge on any atom is -0.381 e. The van der Waals surface area contributed by atoms with Crippen LogP contribution in [0.15, 0.2) is 17.1 Å². The first-order valence-electron chi connectivity index (χ1n) is 7.50. The number of thiophene rings is 1. The number of ether oxygens (including phenoxy) is 1. The SMILES string of the molecule is CCNC(=NCCc1ccc(I)s1)N(C)CC1CCOC1. The van der Waals surface area contributed by atoms with Crippen LogP contribution in [0.5, 0.6) is 0 Å². The molecule has 4 nitrogen and oxygen atoms in total. The van der Waals surface area contributed by atoms with Crippen molar-refractivity contribution in [2.45, 2.75) is 19.8 Å². The van der Waals surface area contributed by atoms with Gasteiger partial charge in [0.25, 0.3) is 0 Å². The molecule has 0 bridgehead atoms. The number of aliphatic imine (C=N–C) groups is 1. The molecule has 0 spiro atoms. The summed E-state index contributed by atoms with van der Waals surface area (Å²) < 4.78 is 6.80. The fraction of sp³-hybridized carbons (Fsp3) is 0.667. The predicted octanol–water partition coefficient (Wildman–Crippen LogP) is 2.83. The molecule has 2 heterocycles. The van der Waals surface area contributed by atoms with Crippen molar-refractivity contribution in [2.75, 3.05) is 39.9 Å². The Bertz CT molecular complexity index is 458.